The smallest absolute Gasteiger partial charge is 0.116 e. The summed E-state index contributed by atoms with van der Waals surface area (Å²) in [5.41, 5.74) is 4.48. The molecule has 17 heavy (non-hydrogen) atoms. The van der Waals surface area contributed by atoms with E-state index >= 15 is 0 Å². The molecule has 3 heteroatoms. The number of hydrogen-bond donors (Lipinski definition) is 1. The number of nitrogens with zero attached hydrogens (tertiary/aromatic N) is 2. The van der Waals surface area contributed by atoms with Crippen LogP contribution in [0.25, 0.3) is 11.3 Å². The van der Waals surface area contributed by atoms with Gasteiger partial charge in [-0.25, -0.2) is 0 Å². The first kappa shape index (κ1) is 11.7. The molecule has 90 valence electrons. The molecular weight excluding hydrogens is 210 g/mol. The fourth-order valence-corrected chi connectivity index (χ4v) is 2.12. The highest BCUT2D eigenvalue weighted by molar-refractivity contribution is 5.76. The number of nitrogens with one attached hydrogen (secondary N) is 1. The zero-order valence-electron chi connectivity index (χ0n) is 10.9. The van der Waals surface area contributed by atoms with Crippen LogP contribution >= 0.6 is 0 Å². The molecule has 0 saturated carbocycles. The van der Waals surface area contributed by atoms with Crippen LogP contribution in [0.5, 0.6) is 0 Å². The lowest BCUT2D eigenvalue weighted by molar-refractivity contribution is 0.521. The van der Waals surface area contributed by atoms with E-state index in [2.05, 4.69) is 42.9 Å². The highest BCUT2D eigenvalue weighted by Gasteiger charge is 2.16. The Hall–Kier alpha value is -1.77. The number of benzene rings is 1. The van der Waals surface area contributed by atoms with Gasteiger partial charge in [0.1, 0.15) is 5.69 Å². The Kier molecular flexibility index (Phi) is 3.18. The van der Waals surface area contributed by atoms with E-state index in [-0.39, 0.29) is 0 Å². The molecule has 2 aromatic rings. The maximum Gasteiger partial charge on any atom is 0.116 e. The average molecular weight is 229 g/mol. The number of rotatable bonds is 3. The lowest BCUT2D eigenvalue weighted by Gasteiger charge is -2.07. The van der Waals surface area contributed by atoms with Crippen molar-refractivity contribution in [2.75, 3.05) is 12.4 Å². The Labute approximate surface area is 102 Å². The van der Waals surface area contributed by atoms with E-state index in [1.165, 1.54) is 5.69 Å². The van der Waals surface area contributed by atoms with Gasteiger partial charge in [0.25, 0.3) is 0 Å². The van der Waals surface area contributed by atoms with Crippen molar-refractivity contribution < 1.29 is 0 Å². The Balaban J connectivity index is 2.58. The molecule has 0 aliphatic heterocycles. The quantitative estimate of drug-likeness (QED) is 0.873. The largest absolute Gasteiger partial charge is 0.385 e. The summed E-state index contributed by atoms with van der Waals surface area (Å²) < 4.78 is 2.06. The van der Waals surface area contributed by atoms with E-state index in [0.29, 0.717) is 6.04 Å². The number of aromatic nitrogens is 2. The minimum Gasteiger partial charge on any atom is -0.385 e. The predicted molar refractivity (Wildman–Crippen MR) is 72.3 cm³/mol. The van der Waals surface area contributed by atoms with Gasteiger partial charge >= 0.3 is 0 Å². The highest BCUT2D eigenvalue weighted by atomic mass is 15.3. The highest BCUT2D eigenvalue weighted by Crippen LogP contribution is 2.30. The summed E-state index contributed by atoms with van der Waals surface area (Å²) in [6.07, 6.45) is 0. The van der Waals surface area contributed by atoms with E-state index < -0.39 is 0 Å². The van der Waals surface area contributed by atoms with E-state index in [9.17, 15) is 0 Å². The molecular formula is C14H19N3. The third kappa shape index (κ3) is 2.05. The zero-order valence-corrected chi connectivity index (χ0v) is 10.9. The van der Waals surface area contributed by atoms with Gasteiger partial charge in [-0.3, -0.25) is 4.68 Å². The van der Waals surface area contributed by atoms with Gasteiger partial charge in [0.2, 0.25) is 0 Å². The molecule has 0 aliphatic rings. The molecule has 2 rings (SSSR count). The van der Waals surface area contributed by atoms with E-state index in [1.807, 2.05) is 25.2 Å². The number of anilines is 1. The Morgan fingerprint density at radius 3 is 2.35 bits per heavy atom. The molecule has 1 aromatic heterocycles. The van der Waals surface area contributed by atoms with Gasteiger partial charge in [-0.2, -0.15) is 5.10 Å². The van der Waals surface area contributed by atoms with Crippen LogP contribution in [0.3, 0.4) is 0 Å². The second-order valence-electron chi connectivity index (χ2n) is 4.46. The van der Waals surface area contributed by atoms with E-state index in [1.54, 1.807) is 0 Å². The lowest BCUT2D eigenvalue weighted by Crippen LogP contribution is -2.05. The van der Waals surface area contributed by atoms with Crippen molar-refractivity contribution in [3.8, 4) is 11.3 Å². The number of hydrogen-bond acceptors (Lipinski definition) is 2. The molecule has 0 bridgehead atoms. The molecule has 0 spiro atoms. The summed E-state index contributed by atoms with van der Waals surface area (Å²) in [5.74, 6) is 0. The van der Waals surface area contributed by atoms with Gasteiger partial charge < -0.3 is 5.32 Å². The Morgan fingerprint density at radius 2 is 1.82 bits per heavy atom. The van der Waals surface area contributed by atoms with Crippen LogP contribution in [-0.4, -0.2) is 16.8 Å². The van der Waals surface area contributed by atoms with Crippen molar-refractivity contribution in [1.29, 1.82) is 0 Å². The summed E-state index contributed by atoms with van der Waals surface area (Å²) in [7, 11) is 1.95. The maximum atomic E-state index is 4.70. The van der Waals surface area contributed by atoms with Crippen molar-refractivity contribution >= 4 is 5.69 Å². The van der Waals surface area contributed by atoms with Crippen LogP contribution in [-0.2, 0) is 0 Å². The molecule has 0 unspecified atom stereocenters. The first-order valence-corrected chi connectivity index (χ1v) is 5.97. The van der Waals surface area contributed by atoms with Gasteiger partial charge in [-0.15, -0.1) is 0 Å². The molecule has 0 amide bonds. The zero-order chi connectivity index (χ0) is 12.4. The van der Waals surface area contributed by atoms with Gasteiger partial charge in [0.05, 0.1) is 11.4 Å². The molecule has 1 heterocycles. The van der Waals surface area contributed by atoms with Crippen LogP contribution in [0.1, 0.15) is 25.6 Å². The predicted octanol–water partition coefficient (Wildman–Crippen LogP) is 3.48. The second kappa shape index (κ2) is 4.62. The molecule has 3 nitrogen and oxygen atoms in total. The van der Waals surface area contributed by atoms with E-state index in [4.69, 9.17) is 5.10 Å². The van der Waals surface area contributed by atoms with Crippen molar-refractivity contribution in [1.82, 2.24) is 9.78 Å². The van der Waals surface area contributed by atoms with Crippen LogP contribution in [0, 0.1) is 6.92 Å². The maximum absolute atomic E-state index is 4.70. The molecule has 1 N–H and O–H groups in total. The summed E-state index contributed by atoms with van der Waals surface area (Å²) in [6, 6.07) is 10.7. The van der Waals surface area contributed by atoms with Gasteiger partial charge in [-0.05, 0) is 20.8 Å². The summed E-state index contributed by atoms with van der Waals surface area (Å²) in [5, 5.41) is 7.96. The topological polar surface area (TPSA) is 29.9 Å². The summed E-state index contributed by atoms with van der Waals surface area (Å²) in [4.78, 5) is 0. The van der Waals surface area contributed by atoms with Crippen molar-refractivity contribution in [3.63, 3.8) is 0 Å². The molecule has 0 saturated heterocycles. The van der Waals surface area contributed by atoms with Crippen LogP contribution in [0.4, 0.5) is 5.69 Å². The minimum atomic E-state index is 0.375. The molecule has 1 aromatic carbocycles. The lowest BCUT2D eigenvalue weighted by atomic mass is 10.1. The first-order chi connectivity index (χ1) is 8.15. The van der Waals surface area contributed by atoms with Crippen molar-refractivity contribution in [2.24, 2.45) is 0 Å². The fraction of sp³-hybridized carbons (Fsp3) is 0.357. The van der Waals surface area contributed by atoms with Crippen LogP contribution in [0.15, 0.2) is 30.3 Å². The van der Waals surface area contributed by atoms with Gasteiger partial charge in [0.15, 0.2) is 0 Å². The summed E-state index contributed by atoms with van der Waals surface area (Å²) in [6.45, 7) is 6.40. The summed E-state index contributed by atoms with van der Waals surface area (Å²) >= 11 is 0. The third-order valence-corrected chi connectivity index (χ3v) is 2.94. The molecule has 0 atom stereocenters. The van der Waals surface area contributed by atoms with Crippen LogP contribution < -0.4 is 5.32 Å². The van der Waals surface area contributed by atoms with Crippen LogP contribution in [0.2, 0.25) is 0 Å². The average Bonchev–Trinajstić information content (AvgIpc) is 2.67. The monoisotopic (exact) mass is 229 g/mol. The van der Waals surface area contributed by atoms with Gasteiger partial charge in [0, 0.05) is 18.7 Å². The normalized spacial score (nSPS) is 10.9. The molecule has 0 fully saturated rings. The van der Waals surface area contributed by atoms with Crippen molar-refractivity contribution in [3.05, 3.63) is 36.0 Å². The Morgan fingerprint density at radius 1 is 1.18 bits per heavy atom. The Bertz CT molecular complexity index is 498. The SMILES string of the molecule is CNc1c(-c2ccccc2)nn(C(C)C)c1C. The first-order valence-electron chi connectivity index (χ1n) is 5.97. The van der Waals surface area contributed by atoms with E-state index in [0.717, 1.165) is 16.9 Å². The second-order valence-corrected chi connectivity index (χ2v) is 4.46. The molecule has 0 radical (unpaired) electrons. The van der Waals surface area contributed by atoms with Crippen molar-refractivity contribution in [2.45, 2.75) is 26.8 Å². The standard InChI is InChI=1S/C14H19N3/c1-10(2)17-11(3)13(15-4)14(16-17)12-8-6-5-7-9-12/h5-10,15H,1-4H3. The minimum absolute atomic E-state index is 0.375. The molecule has 0 aliphatic carbocycles. The fourth-order valence-electron chi connectivity index (χ4n) is 2.12. The van der Waals surface area contributed by atoms with Gasteiger partial charge in [-0.1, -0.05) is 30.3 Å². The third-order valence-electron chi connectivity index (χ3n) is 2.94.